The molecule has 2 amide bonds. The molecule has 6 nitrogen and oxygen atoms in total. The Bertz CT molecular complexity index is 872. The van der Waals surface area contributed by atoms with E-state index in [1.165, 1.54) is 7.05 Å². The lowest BCUT2D eigenvalue weighted by Crippen LogP contribution is -2.30. The van der Waals surface area contributed by atoms with Gasteiger partial charge in [0, 0.05) is 37.5 Å². The van der Waals surface area contributed by atoms with Crippen molar-refractivity contribution in [3.8, 4) is 5.75 Å². The summed E-state index contributed by atoms with van der Waals surface area (Å²) in [4.78, 5) is 14.6. The second-order valence-electron chi connectivity index (χ2n) is 5.88. The lowest BCUT2D eigenvalue weighted by Gasteiger charge is -2.18. The first-order valence-corrected chi connectivity index (χ1v) is 10.2. The topological polar surface area (TPSA) is 71.0 Å². The van der Waals surface area contributed by atoms with Crippen LogP contribution in [0.25, 0.3) is 0 Å². The van der Waals surface area contributed by atoms with Gasteiger partial charge in [-0.1, -0.05) is 18.2 Å². The maximum absolute atomic E-state index is 12.4. The van der Waals surface area contributed by atoms with Gasteiger partial charge >= 0.3 is 6.03 Å². The van der Waals surface area contributed by atoms with Crippen molar-refractivity contribution in [2.24, 2.45) is 4.36 Å². The molecule has 0 aliphatic heterocycles. The molecule has 1 atom stereocenters. The minimum absolute atomic E-state index is 0.243. The molecule has 7 heteroatoms. The van der Waals surface area contributed by atoms with Gasteiger partial charge in [-0.2, -0.15) is 0 Å². The summed E-state index contributed by atoms with van der Waals surface area (Å²) in [5, 5.41) is 2.83. The third-order valence-electron chi connectivity index (χ3n) is 3.87. The third kappa shape index (κ3) is 5.23. The molecular formula is C19H25N3O3S. The van der Waals surface area contributed by atoms with E-state index in [2.05, 4.69) is 9.68 Å². The summed E-state index contributed by atoms with van der Waals surface area (Å²) in [7, 11) is 0.812. The monoisotopic (exact) mass is 375 g/mol. The number of urea groups is 1. The van der Waals surface area contributed by atoms with Crippen molar-refractivity contribution >= 4 is 21.4 Å². The molecule has 140 valence electrons. The van der Waals surface area contributed by atoms with Crippen molar-refractivity contribution in [1.82, 2.24) is 4.90 Å². The van der Waals surface area contributed by atoms with Crippen LogP contribution in [0.15, 0.2) is 57.8 Å². The van der Waals surface area contributed by atoms with E-state index in [4.69, 9.17) is 4.74 Å². The number of carbonyl (C=O) groups is 1. The molecule has 0 aromatic heterocycles. The molecule has 0 saturated heterocycles. The second-order valence-corrected chi connectivity index (χ2v) is 8.32. The van der Waals surface area contributed by atoms with E-state index >= 15 is 0 Å². The highest BCUT2D eigenvalue weighted by Crippen LogP contribution is 2.18. The smallest absolute Gasteiger partial charge is 0.321 e. The zero-order valence-corrected chi connectivity index (χ0v) is 16.4. The van der Waals surface area contributed by atoms with E-state index in [0.29, 0.717) is 23.7 Å². The number of hydrogen-bond acceptors (Lipinski definition) is 4. The fraction of sp³-hybridized carbons (Fsp3) is 0.316. The lowest BCUT2D eigenvalue weighted by atomic mass is 10.2. The molecule has 0 aliphatic rings. The van der Waals surface area contributed by atoms with Crippen molar-refractivity contribution in [2.75, 3.05) is 32.3 Å². The van der Waals surface area contributed by atoms with Crippen molar-refractivity contribution in [3.63, 3.8) is 0 Å². The maximum Gasteiger partial charge on any atom is 0.321 e. The van der Waals surface area contributed by atoms with Crippen LogP contribution >= 0.6 is 0 Å². The normalized spacial score (nSPS) is 12.8. The van der Waals surface area contributed by atoms with Crippen LogP contribution < -0.4 is 10.1 Å². The average Bonchev–Trinajstić information content (AvgIpc) is 2.63. The predicted molar refractivity (Wildman–Crippen MR) is 105 cm³/mol. The molecule has 2 aromatic carbocycles. The Kier molecular flexibility index (Phi) is 6.63. The molecule has 1 N–H and O–H groups in total. The summed E-state index contributed by atoms with van der Waals surface area (Å²) in [5.74, 6) is 0.810. The molecule has 0 aliphatic carbocycles. The van der Waals surface area contributed by atoms with Crippen LogP contribution in [0.5, 0.6) is 5.75 Å². The zero-order chi connectivity index (χ0) is 19.2. The first kappa shape index (κ1) is 19.8. The number of anilines is 1. The molecule has 26 heavy (non-hydrogen) atoms. The molecule has 0 saturated carbocycles. The number of rotatable bonds is 6. The Morgan fingerprint density at radius 3 is 2.54 bits per heavy atom. The van der Waals surface area contributed by atoms with E-state index in [-0.39, 0.29) is 6.03 Å². The highest BCUT2D eigenvalue weighted by molar-refractivity contribution is 7.93. The van der Waals surface area contributed by atoms with Crippen LogP contribution in [0.2, 0.25) is 0 Å². The average molecular weight is 375 g/mol. The van der Waals surface area contributed by atoms with Crippen LogP contribution in [0, 0.1) is 0 Å². The van der Waals surface area contributed by atoms with Gasteiger partial charge in [0.2, 0.25) is 0 Å². The largest absolute Gasteiger partial charge is 0.494 e. The van der Waals surface area contributed by atoms with Gasteiger partial charge in [-0.15, -0.1) is 0 Å². The minimum Gasteiger partial charge on any atom is -0.494 e. The molecule has 0 heterocycles. The van der Waals surface area contributed by atoms with Gasteiger partial charge in [0.1, 0.15) is 5.75 Å². The van der Waals surface area contributed by atoms with E-state index < -0.39 is 9.73 Å². The van der Waals surface area contributed by atoms with Gasteiger partial charge in [-0.25, -0.2) is 13.4 Å². The third-order valence-corrected chi connectivity index (χ3v) is 5.70. The standard InChI is InChI=1S/C19H25N3O3S/c1-5-25-17-11-9-15(10-12-17)14-22(3)19(23)21-16-7-6-8-18(13-16)26(4,24)20-2/h6-13H,5,14H2,1-4H3,(H,21,23). The van der Waals surface area contributed by atoms with Gasteiger partial charge in [0.15, 0.2) is 0 Å². The van der Waals surface area contributed by atoms with Gasteiger partial charge < -0.3 is 15.0 Å². The fourth-order valence-electron chi connectivity index (χ4n) is 2.34. The molecule has 0 radical (unpaired) electrons. The van der Waals surface area contributed by atoms with Crippen LogP contribution in [0.3, 0.4) is 0 Å². The number of nitrogens with zero attached hydrogens (tertiary/aromatic N) is 2. The van der Waals surface area contributed by atoms with E-state index in [1.54, 1.807) is 42.5 Å². The summed E-state index contributed by atoms with van der Waals surface area (Å²) in [6.45, 7) is 3.02. The Hall–Kier alpha value is -2.54. The van der Waals surface area contributed by atoms with Gasteiger partial charge in [0.05, 0.1) is 16.3 Å². The number of hydrogen-bond donors (Lipinski definition) is 1. The predicted octanol–water partition coefficient (Wildman–Crippen LogP) is 3.84. The maximum atomic E-state index is 12.4. The summed E-state index contributed by atoms with van der Waals surface area (Å²) in [6.07, 6.45) is 1.58. The molecule has 0 fully saturated rings. The lowest BCUT2D eigenvalue weighted by molar-refractivity contribution is 0.220. The summed E-state index contributed by atoms with van der Waals surface area (Å²) in [6, 6.07) is 14.4. The Balaban J connectivity index is 2.03. The number of nitrogens with one attached hydrogen (secondary N) is 1. The van der Waals surface area contributed by atoms with Gasteiger partial charge in [-0.05, 0) is 42.8 Å². The Labute approximate surface area is 155 Å². The second kappa shape index (κ2) is 8.71. The first-order chi connectivity index (χ1) is 12.4. The summed E-state index contributed by atoms with van der Waals surface area (Å²) >= 11 is 0. The minimum atomic E-state index is -2.44. The SMILES string of the molecule is CCOc1ccc(CN(C)C(=O)Nc2cccc(S(C)(=O)=NC)c2)cc1. The van der Waals surface area contributed by atoms with Crippen LogP contribution in [0.1, 0.15) is 12.5 Å². The van der Waals surface area contributed by atoms with Crippen molar-refractivity contribution in [2.45, 2.75) is 18.4 Å². The van der Waals surface area contributed by atoms with Crippen molar-refractivity contribution in [3.05, 3.63) is 54.1 Å². The van der Waals surface area contributed by atoms with Crippen LogP contribution in [-0.2, 0) is 16.3 Å². The van der Waals surface area contributed by atoms with Crippen LogP contribution in [0.4, 0.5) is 10.5 Å². The molecule has 0 spiro atoms. The fourth-order valence-corrected chi connectivity index (χ4v) is 3.22. The molecule has 1 unspecified atom stereocenters. The molecular weight excluding hydrogens is 350 g/mol. The number of benzene rings is 2. The Morgan fingerprint density at radius 1 is 1.23 bits per heavy atom. The summed E-state index contributed by atoms with van der Waals surface area (Å²) in [5.41, 5.74) is 1.59. The van der Waals surface area contributed by atoms with Crippen molar-refractivity contribution in [1.29, 1.82) is 0 Å². The highest BCUT2D eigenvalue weighted by atomic mass is 32.2. The molecule has 2 rings (SSSR count). The van der Waals surface area contributed by atoms with Gasteiger partial charge in [0.25, 0.3) is 0 Å². The Morgan fingerprint density at radius 2 is 1.92 bits per heavy atom. The number of ether oxygens (including phenoxy) is 1. The highest BCUT2D eigenvalue weighted by Gasteiger charge is 2.11. The first-order valence-electron chi connectivity index (χ1n) is 8.30. The number of amides is 2. The quantitative estimate of drug-likeness (QED) is 0.834. The van der Waals surface area contributed by atoms with E-state index in [9.17, 15) is 9.00 Å². The van der Waals surface area contributed by atoms with Crippen molar-refractivity contribution < 1.29 is 13.7 Å². The van der Waals surface area contributed by atoms with E-state index in [0.717, 1.165) is 11.3 Å². The van der Waals surface area contributed by atoms with E-state index in [1.807, 2.05) is 31.2 Å². The summed E-state index contributed by atoms with van der Waals surface area (Å²) < 4.78 is 21.7. The zero-order valence-electron chi connectivity index (χ0n) is 15.6. The number of carbonyl (C=O) groups excluding carboxylic acids is 1. The van der Waals surface area contributed by atoms with Gasteiger partial charge in [-0.3, -0.25) is 0 Å². The molecule has 2 aromatic rings. The van der Waals surface area contributed by atoms with Crippen LogP contribution in [-0.4, -0.2) is 42.1 Å². The molecule has 0 bridgehead atoms.